The standard InChI is InChI=1S/C25H36N4O3.HI/c1-30-22-7-4-21(5-8-22)18-29-14-11-20(12-15-29)17-28-25(26)27-13-10-19-6-9-23(31-2)24(16-19)32-3;/h4-9,16,20H,10-15,17-18H2,1-3H3,(H3,26,27,28);1H. The van der Waals surface area contributed by atoms with E-state index >= 15 is 0 Å². The Morgan fingerprint density at radius 2 is 1.64 bits per heavy atom. The van der Waals surface area contributed by atoms with Gasteiger partial charge >= 0.3 is 0 Å². The van der Waals surface area contributed by atoms with Crippen molar-refractivity contribution in [3.05, 3.63) is 53.6 Å². The van der Waals surface area contributed by atoms with Gasteiger partial charge in [-0.1, -0.05) is 18.2 Å². The van der Waals surface area contributed by atoms with E-state index in [1.807, 2.05) is 30.3 Å². The van der Waals surface area contributed by atoms with Crippen LogP contribution in [0.1, 0.15) is 24.0 Å². The Bertz CT molecular complexity index is 868. The molecule has 1 aliphatic rings. The van der Waals surface area contributed by atoms with Gasteiger partial charge in [-0.2, -0.15) is 0 Å². The molecule has 1 heterocycles. The van der Waals surface area contributed by atoms with Crippen LogP contribution in [0.25, 0.3) is 0 Å². The first kappa shape index (κ1) is 27.0. The number of piperidine rings is 1. The number of nitrogens with two attached hydrogens (primary N) is 1. The van der Waals surface area contributed by atoms with Gasteiger partial charge < -0.3 is 25.3 Å². The van der Waals surface area contributed by atoms with E-state index in [-0.39, 0.29) is 24.0 Å². The van der Waals surface area contributed by atoms with E-state index in [9.17, 15) is 0 Å². The van der Waals surface area contributed by atoms with Gasteiger partial charge in [0.05, 0.1) is 21.3 Å². The van der Waals surface area contributed by atoms with Gasteiger partial charge in [-0.15, -0.1) is 24.0 Å². The fourth-order valence-electron chi connectivity index (χ4n) is 3.97. The lowest BCUT2D eigenvalue weighted by Crippen LogP contribution is -2.36. The maximum Gasteiger partial charge on any atom is 0.188 e. The van der Waals surface area contributed by atoms with Crippen LogP contribution in [0.2, 0.25) is 0 Å². The highest BCUT2D eigenvalue weighted by atomic mass is 127. The molecule has 8 heteroatoms. The van der Waals surface area contributed by atoms with Crippen LogP contribution in [-0.2, 0) is 13.0 Å². The highest BCUT2D eigenvalue weighted by Crippen LogP contribution is 2.27. The van der Waals surface area contributed by atoms with E-state index in [0.29, 0.717) is 11.9 Å². The third kappa shape index (κ3) is 8.58. The van der Waals surface area contributed by atoms with Crippen molar-refractivity contribution in [1.82, 2.24) is 10.2 Å². The average Bonchev–Trinajstić information content (AvgIpc) is 2.84. The molecule has 0 aromatic heterocycles. The Kier molecular flexibility index (Phi) is 11.6. The van der Waals surface area contributed by atoms with Gasteiger partial charge in [0, 0.05) is 19.6 Å². The SMILES string of the molecule is COc1ccc(CN2CCC(CN=C(N)NCCc3ccc(OC)c(OC)c3)CC2)cc1.I. The summed E-state index contributed by atoms with van der Waals surface area (Å²) in [7, 11) is 4.98. The molecule has 2 aromatic rings. The molecule has 33 heavy (non-hydrogen) atoms. The number of hydrogen-bond acceptors (Lipinski definition) is 5. The zero-order valence-electron chi connectivity index (χ0n) is 19.9. The number of benzene rings is 2. The fraction of sp³-hybridized carbons (Fsp3) is 0.480. The summed E-state index contributed by atoms with van der Waals surface area (Å²) in [6.45, 7) is 4.69. The first-order valence-electron chi connectivity index (χ1n) is 11.2. The van der Waals surface area contributed by atoms with Crippen LogP contribution in [0, 0.1) is 5.92 Å². The molecule has 1 fully saturated rings. The molecule has 0 radical (unpaired) electrons. The molecule has 0 bridgehead atoms. The third-order valence-corrected chi connectivity index (χ3v) is 5.96. The van der Waals surface area contributed by atoms with Gasteiger partial charge in [0.15, 0.2) is 17.5 Å². The molecule has 0 aliphatic carbocycles. The average molecular weight is 569 g/mol. The van der Waals surface area contributed by atoms with E-state index < -0.39 is 0 Å². The molecule has 0 spiro atoms. The van der Waals surface area contributed by atoms with E-state index in [0.717, 1.165) is 74.8 Å². The van der Waals surface area contributed by atoms with Crippen molar-refractivity contribution in [2.45, 2.75) is 25.8 Å². The van der Waals surface area contributed by atoms with Crippen molar-refractivity contribution < 1.29 is 14.2 Å². The number of hydrogen-bond donors (Lipinski definition) is 2. The van der Waals surface area contributed by atoms with Gasteiger partial charge in [0.2, 0.25) is 0 Å². The Morgan fingerprint density at radius 3 is 2.27 bits per heavy atom. The Hall–Kier alpha value is -2.20. The van der Waals surface area contributed by atoms with Crippen molar-refractivity contribution in [1.29, 1.82) is 0 Å². The number of likely N-dealkylation sites (tertiary alicyclic amines) is 1. The first-order chi connectivity index (χ1) is 15.6. The molecule has 0 amide bonds. The quantitative estimate of drug-likeness (QED) is 0.259. The van der Waals surface area contributed by atoms with Crippen molar-refractivity contribution in [2.24, 2.45) is 16.6 Å². The largest absolute Gasteiger partial charge is 0.497 e. The third-order valence-electron chi connectivity index (χ3n) is 5.96. The van der Waals surface area contributed by atoms with E-state index in [2.05, 4.69) is 27.3 Å². The number of aliphatic imine (C=N–C) groups is 1. The topological polar surface area (TPSA) is 81.3 Å². The zero-order valence-corrected chi connectivity index (χ0v) is 22.2. The van der Waals surface area contributed by atoms with Crippen LogP contribution < -0.4 is 25.3 Å². The van der Waals surface area contributed by atoms with Crippen LogP contribution in [-0.4, -0.2) is 58.4 Å². The summed E-state index contributed by atoms with van der Waals surface area (Å²) in [6.07, 6.45) is 3.14. The predicted molar refractivity (Wildman–Crippen MR) is 144 cm³/mol. The van der Waals surface area contributed by atoms with Crippen molar-refractivity contribution in [3.63, 3.8) is 0 Å². The normalized spacial score (nSPS) is 14.9. The minimum atomic E-state index is 0. The van der Waals surface area contributed by atoms with Gasteiger partial charge in [0.25, 0.3) is 0 Å². The molecular formula is C25H37IN4O3. The van der Waals surface area contributed by atoms with Crippen LogP contribution in [0.3, 0.4) is 0 Å². The van der Waals surface area contributed by atoms with E-state index in [4.69, 9.17) is 19.9 Å². The van der Waals surface area contributed by atoms with Crippen molar-refractivity contribution in [3.8, 4) is 17.2 Å². The predicted octanol–water partition coefficient (Wildman–Crippen LogP) is 3.69. The fourth-order valence-corrected chi connectivity index (χ4v) is 3.97. The van der Waals surface area contributed by atoms with Gasteiger partial charge in [0.1, 0.15) is 5.75 Å². The van der Waals surface area contributed by atoms with E-state index in [1.165, 1.54) is 5.56 Å². The molecular weight excluding hydrogens is 531 g/mol. The molecule has 0 unspecified atom stereocenters. The van der Waals surface area contributed by atoms with Gasteiger partial charge in [-0.3, -0.25) is 9.89 Å². The number of ether oxygens (including phenoxy) is 3. The molecule has 7 nitrogen and oxygen atoms in total. The lowest BCUT2D eigenvalue weighted by molar-refractivity contribution is 0.180. The summed E-state index contributed by atoms with van der Waals surface area (Å²) in [5.41, 5.74) is 8.57. The van der Waals surface area contributed by atoms with Crippen molar-refractivity contribution >= 4 is 29.9 Å². The lowest BCUT2D eigenvalue weighted by Gasteiger charge is -2.31. The summed E-state index contributed by atoms with van der Waals surface area (Å²) in [5, 5.41) is 3.22. The smallest absolute Gasteiger partial charge is 0.188 e. The number of rotatable bonds is 10. The monoisotopic (exact) mass is 568 g/mol. The number of halogens is 1. The van der Waals surface area contributed by atoms with Gasteiger partial charge in [-0.05, 0) is 73.7 Å². The Balaban J connectivity index is 0.00000385. The summed E-state index contributed by atoms with van der Waals surface area (Å²) < 4.78 is 15.9. The summed E-state index contributed by atoms with van der Waals surface area (Å²) in [5.74, 6) is 3.49. The minimum Gasteiger partial charge on any atom is -0.497 e. The maximum absolute atomic E-state index is 6.08. The molecule has 1 aliphatic heterocycles. The second-order valence-corrected chi connectivity index (χ2v) is 8.16. The molecule has 0 atom stereocenters. The van der Waals surface area contributed by atoms with Gasteiger partial charge in [-0.25, -0.2) is 0 Å². The number of nitrogens with zero attached hydrogens (tertiary/aromatic N) is 2. The summed E-state index contributed by atoms with van der Waals surface area (Å²) in [4.78, 5) is 7.08. The van der Waals surface area contributed by atoms with Crippen LogP contribution >= 0.6 is 24.0 Å². The minimum absolute atomic E-state index is 0. The molecule has 0 saturated carbocycles. The molecule has 2 aromatic carbocycles. The van der Waals surface area contributed by atoms with E-state index in [1.54, 1.807) is 21.3 Å². The molecule has 3 N–H and O–H groups in total. The highest BCUT2D eigenvalue weighted by Gasteiger charge is 2.19. The number of nitrogens with one attached hydrogen (secondary N) is 1. The number of guanidine groups is 1. The lowest BCUT2D eigenvalue weighted by atomic mass is 9.96. The van der Waals surface area contributed by atoms with Crippen LogP contribution in [0.5, 0.6) is 17.2 Å². The van der Waals surface area contributed by atoms with Crippen molar-refractivity contribution in [2.75, 3.05) is 47.5 Å². The molecule has 3 rings (SSSR count). The maximum atomic E-state index is 6.08. The molecule has 1 saturated heterocycles. The summed E-state index contributed by atoms with van der Waals surface area (Å²) >= 11 is 0. The molecule has 182 valence electrons. The number of methoxy groups -OCH3 is 3. The zero-order chi connectivity index (χ0) is 22.8. The Morgan fingerprint density at radius 1 is 0.970 bits per heavy atom. The summed E-state index contributed by atoms with van der Waals surface area (Å²) in [6, 6.07) is 14.3. The second kappa shape index (κ2) is 14.1. The first-order valence-corrected chi connectivity index (χ1v) is 11.2. The second-order valence-electron chi connectivity index (χ2n) is 8.16. The Labute approximate surface area is 214 Å². The highest BCUT2D eigenvalue weighted by molar-refractivity contribution is 14.0. The van der Waals surface area contributed by atoms with Crippen LogP contribution in [0.4, 0.5) is 0 Å². The van der Waals surface area contributed by atoms with Crippen LogP contribution in [0.15, 0.2) is 47.5 Å².